The summed E-state index contributed by atoms with van der Waals surface area (Å²) in [6.45, 7) is 3.27. The van der Waals surface area contributed by atoms with Crippen LogP contribution in [-0.2, 0) is 4.79 Å². The van der Waals surface area contributed by atoms with E-state index in [0.29, 0.717) is 5.56 Å². The van der Waals surface area contributed by atoms with Crippen LogP contribution in [0, 0.1) is 11.7 Å². The summed E-state index contributed by atoms with van der Waals surface area (Å²) >= 11 is 0. The summed E-state index contributed by atoms with van der Waals surface area (Å²) in [7, 11) is 0. The van der Waals surface area contributed by atoms with Crippen LogP contribution in [0.25, 0.3) is 0 Å². The van der Waals surface area contributed by atoms with Crippen LogP contribution in [-0.4, -0.2) is 29.0 Å². The van der Waals surface area contributed by atoms with Gasteiger partial charge in [0.15, 0.2) is 0 Å². The van der Waals surface area contributed by atoms with Gasteiger partial charge in [-0.1, -0.05) is 19.1 Å². The summed E-state index contributed by atoms with van der Waals surface area (Å²) in [5.41, 5.74) is 0.580. The van der Waals surface area contributed by atoms with E-state index in [1.165, 1.54) is 24.3 Å². The number of likely N-dealkylation sites (tertiary alicyclic amines) is 1. The first-order valence-electron chi connectivity index (χ1n) is 6.32. The van der Waals surface area contributed by atoms with Gasteiger partial charge in [0.1, 0.15) is 5.82 Å². The number of carbonyl (C=O) groups is 1. The average molecular weight is 251 g/mol. The standard InChI is InChI=1S/C14H18FNO2/c1-10(14(18)16-8-2-3-9-16)13(17)11-4-6-12(15)7-5-11/h4-7,10,13,17H,2-3,8-9H2,1H3. The van der Waals surface area contributed by atoms with Gasteiger partial charge in [-0.2, -0.15) is 0 Å². The molecule has 98 valence electrons. The molecule has 0 aromatic heterocycles. The van der Waals surface area contributed by atoms with E-state index in [-0.39, 0.29) is 11.7 Å². The fraction of sp³-hybridized carbons (Fsp3) is 0.500. The third-order valence-electron chi connectivity index (χ3n) is 3.49. The summed E-state index contributed by atoms with van der Waals surface area (Å²) in [4.78, 5) is 13.9. The summed E-state index contributed by atoms with van der Waals surface area (Å²) in [6, 6.07) is 5.64. The fourth-order valence-electron chi connectivity index (χ4n) is 2.31. The van der Waals surface area contributed by atoms with Crippen LogP contribution in [0.2, 0.25) is 0 Å². The monoisotopic (exact) mass is 251 g/mol. The van der Waals surface area contributed by atoms with E-state index in [4.69, 9.17) is 0 Å². The number of aliphatic hydroxyl groups excluding tert-OH is 1. The molecule has 0 bridgehead atoms. The number of amides is 1. The Morgan fingerprint density at radius 2 is 1.83 bits per heavy atom. The summed E-state index contributed by atoms with van der Waals surface area (Å²) in [5.74, 6) is -0.859. The molecule has 2 unspecified atom stereocenters. The minimum Gasteiger partial charge on any atom is -0.388 e. The van der Waals surface area contributed by atoms with E-state index < -0.39 is 12.0 Å². The molecule has 1 aromatic rings. The molecule has 0 spiro atoms. The Bertz CT molecular complexity index is 412. The highest BCUT2D eigenvalue weighted by Crippen LogP contribution is 2.25. The lowest BCUT2D eigenvalue weighted by Gasteiger charge is -2.24. The smallest absolute Gasteiger partial charge is 0.228 e. The van der Waals surface area contributed by atoms with Gasteiger partial charge in [-0.25, -0.2) is 4.39 Å². The van der Waals surface area contributed by atoms with Crippen LogP contribution in [0.15, 0.2) is 24.3 Å². The van der Waals surface area contributed by atoms with E-state index >= 15 is 0 Å². The lowest BCUT2D eigenvalue weighted by molar-refractivity contribution is -0.137. The van der Waals surface area contributed by atoms with Gasteiger partial charge in [0, 0.05) is 13.1 Å². The Morgan fingerprint density at radius 1 is 1.28 bits per heavy atom. The SMILES string of the molecule is CC(C(=O)N1CCCC1)C(O)c1ccc(F)cc1. The minimum absolute atomic E-state index is 0.0238. The molecule has 4 heteroatoms. The Labute approximate surface area is 106 Å². The number of halogens is 1. The number of hydrogen-bond donors (Lipinski definition) is 1. The molecule has 1 aliphatic rings. The lowest BCUT2D eigenvalue weighted by atomic mass is 9.96. The van der Waals surface area contributed by atoms with Crippen molar-refractivity contribution < 1.29 is 14.3 Å². The molecule has 0 saturated carbocycles. The first-order chi connectivity index (χ1) is 8.59. The number of carbonyl (C=O) groups excluding carboxylic acids is 1. The van der Waals surface area contributed by atoms with Gasteiger partial charge in [-0.3, -0.25) is 4.79 Å². The summed E-state index contributed by atoms with van der Waals surface area (Å²) in [6.07, 6.45) is 1.19. The van der Waals surface area contributed by atoms with Crippen LogP contribution < -0.4 is 0 Å². The van der Waals surface area contributed by atoms with Gasteiger partial charge in [-0.05, 0) is 30.5 Å². The maximum Gasteiger partial charge on any atom is 0.228 e. The Balaban J connectivity index is 2.05. The van der Waals surface area contributed by atoms with Gasteiger partial charge in [-0.15, -0.1) is 0 Å². The van der Waals surface area contributed by atoms with Crippen LogP contribution in [0.1, 0.15) is 31.4 Å². The van der Waals surface area contributed by atoms with Crippen molar-refractivity contribution in [3.05, 3.63) is 35.6 Å². The number of aliphatic hydroxyl groups is 1. The molecule has 0 aliphatic carbocycles. The third-order valence-corrected chi connectivity index (χ3v) is 3.49. The second-order valence-electron chi connectivity index (χ2n) is 4.82. The Morgan fingerprint density at radius 3 is 2.39 bits per heavy atom. The van der Waals surface area contributed by atoms with Crippen LogP contribution in [0.4, 0.5) is 4.39 Å². The molecule has 1 heterocycles. The van der Waals surface area contributed by atoms with E-state index in [0.717, 1.165) is 25.9 Å². The molecule has 2 atom stereocenters. The molecule has 0 radical (unpaired) electrons. The van der Waals surface area contributed by atoms with Gasteiger partial charge in [0.2, 0.25) is 5.91 Å². The van der Waals surface area contributed by atoms with Crippen molar-refractivity contribution in [3.8, 4) is 0 Å². The van der Waals surface area contributed by atoms with Gasteiger partial charge < -0.3 is 10.0 Å². The zero-order valence-electron chi connectivity index (χ0n) is 10.5. The molecule has 1 aliphatic heterocycles. The first-order valence-corrected chi connectivity index (χ1v) is 6.32. The average Bonchev–Trinajstić information content (AvgIpc) is 2.91. The predicted molar refractivity (Wildman–Crippen MR) is 66.3 cm³/mol. The van der Waals surface area contributed by atoms with Crippen molar-refractivity contribution in [2.75, 3.05) is 13.1 Å². The van der Waals surface area contributed by atoms with Crippen molar-refractivity contribution in [2.45, 2.75) is 25.9 Å². The largest absolute Gasteiger partial charge is 0.388 e. The van der Waals surface area contributed by atoms with Crippen LogP contribution in [0.5, 0.6) is 0 Å². The highest BCUT2D eigenvalue weighted by Gasteiger charge is 2.29. The van der Waals surface area contributed by atoms with Crippen LogP contribution in [0.3, 0.4) is 0 Å². The molecule has 1 amide bonds. The Hall–Kier alpha value is -1.42. The minimum atomic E-state index is -0.876. The zero-order chi connectivity index (χ0) is 13.1. The van der Waals surface area contributed by atoms with Crippen molar-refractivity contribution in [1.29, 1.82) is 0 Å². The number of nitrogens with zero attached hydrogens (tertiary/aromatic N) is 1. The van der Waals surface area contributed by atoms with E-state index in [1.807, 2.05) is 0 Å². The summed E-state index contributed by atoms with van der Waals surface area (Å²) < 4.78 is 12.8. The molecular formula is C14H18FNO2. The molecule has 3 nitrogen and oxygen atoms in total. The van der Waals surface area contributed by atoms with Crippen molar-refractivity contribution in [3.63, 3.8) is 0 Å². The summed E-state index contributed by atoms with van der Waals surface area (Å²) in [5, 5.41) is 10.1. The van der Waals surface area contributed by atoms with Crippen molar-refractivity contribution in [1.82, 2.24) is 4.90 Å². The maximum absolute atomic E-state index is 12.8. The first kappa shape index (κ1) is 13.0. The Kier molecular flexibility index (Phi) is 3.97. The number of hydrogen-bond acceptors (Lipinski definition) is 2. The topological polar surface area (TPSA) is 40.5 Å². The lowest BCUT2D eigenvalue weighted by Crippen LogP contribution is -2.35. The normalized spacial score (nSPS) is 18.7. The van der Waals surface area contributed by atoms with Crippen LogP contribution >= 0.6 is 0 Å². The molecule has 2 rings (SSSR count). The van der Waals surface area contributed by atoms with Crippen molar-refractivity contribution in [2.24, 2.45) is 5.92 Å². The van der Waals surface area contributed by atoms with E-state index in [1.54, 1.807) is 11.8 Å². The maximum atomic E-state index is 12.8. The number of benzene rings is 1. The van der Waals surface area contributed by atoms with Gasteiger partial charge >= 0.3 is 0 Å². The fourth-order valence-corrected chi connectivity index (χ4v) is 2.31. The van der Waals surface area contributed by atoms with E-state index in [2.05, 4.69) is 0 Å². The number of rotatable bonds is 3. The van der Waals surface area contributed by atoms with E-state index in [9.17, 15) is 14.3 Å². The highest BCUT2D eigenvalue weighted by molar-refractivity contribution is 5.79. The van der Waals surface area contributed by atoms with Gasteiger partial charge in [0.05, 0.1) is 12.0 Å². The molecule has 1 aromatic carbocycles. The molecule has 1 N–H and O–H groups in total. The quantitative estimate of drug-likeness (QED) is 0.894. The molecule has 18 heavy (non-hydrogen) atoms. The third kappa shape index (κ3) is 2.70. The second kappa shape index (κ2) is 5.48. The highest BCUT2D eigenvalue weighted by atomic mass is 19.1. The van der Waals surface area contributed by atoms with Crippen molar-refractivity contribution >= 4 is 5.91 Å². The molecule has 1 saturated heterocycles. The van der Waals surface area contributed by atoms with Gasteiger partial charge in [0.25, 0.3) is 0 Å². The molecular weight excluding hydrogens is 233 g/mol. The molecule has 1 fully saturated rings. The predicted octanol–water partition coefficient (Wildman–Crippen LogP) is 2.12. The second-order valence-corrected chi connectivity index (χ2v) is 4.82. The zero-order valence-corrected chi connectivity index (χ0v) is 10.5.